The van der Waals surface area contributed by atoms with E-state index in [1.54, 1.807) is 0 Å². The molecule has 0 spiro atoms. The van der Waals surface area contributed by atoms with E-state index < -0.39 is 0 Å². The Morgan fingerprint density at radius 1 is 1.37 bits per heavy atom. The zero-order valence-corrected chi connectivity index (χ0v) is 12.6. The van der Waals surface area contributed by atoms with Crippen LogP contribution in [-0.2, 0) is 16.1 Å². The zero-order chi connectivity index (χ0) is 13.7. The molecule has 0 amide bonds. The molecule has 1 aliphatic carbocycles. The average Bonchev–Trinajstić information content (AvgIpc) is 2.83. The third kappa shape index (κ3) is 4.32. The number of hydrogen-bond donors (Lipinski definition) is 1. The van der Waals surface area contributed by atoms with Crippen LogP contribution < -0.4 is 5.32 Å². The maximum atomic E-state index is 11.6. The van der Waals surface area contributed by atoms with Gasteiger partial charge < -0.3 is 10.1 Å². The molecule has 0 bridgehead atoms. The lowest BCUT2D eigenvalue weighted by Gasteiger charge is -2.27. The smallest absolute Gasteiger partial charge is 0.308 e. The number of esters is 1. The predicted molar refractivity (Wildman–Crippen MR) is 78.3 cm³/mol. The summed E-state index contributed by atoms with van der Waals surface area (Å²) in [4.78, 5) is 14.4. The zero-order valence-electron chi connectivity index (χ0n) is 11.8. The van der Waals surface area contributed by atoms with Crippen molar-refractivity contribution in [2.24, 2.45) is 5.92 Å². The van der Waals surface area contributed by atoms with E-state index in [1.807, 2.05) is 18.3 Å². The second kappa shape index (κ2) is 7.06. The molecular weight excluding hydrogens is 258 g/mol. The highest BCUT2D eigenvalue weighted by Crippen LogP contribution is 2.26. The Labute approximate surface area is 119 Å². The molecule has 1 fully saturated rings. The van der Waals surface area contributed by atoms with Crippen molar-refractivity contribution in [2.45, 2.75) is 52.1 Å². The van der Waals surface area contributed by atoms with Crippen molar-refractivity contribution in [3.05, 3.63) is 21.9 Å². The molecule has 1 heterocycles. The molecule has 1 N–H and O–H groups in total. The molecule has 2 rings (SSSR count). The lowest BCUT2D eigenvalue weighted by atomic mass is 9.86. The van der Waals surface area contributed by atoms with Gasteiger partial charge in [-0.25, -0.2) is 0 Å². The third-order valence-corrected chi connectivity index (χ3v) is 4.71. The van der Waals surface area contributed by atoms with Gasteiger partial charge in [0.1, 0.15) is 0 Å². The second-order valence-corrected chi connectivity index (χ2v) is 6.57. The Morgan fingerprint density at radius 2 is 2.11 bits per heavy atom. The normalized spacial score (nSPS) is 23.3. The van der Waals surface area contributed by atoms with Crippen molar-refractivity contribution < 1.29 is 9.53 Å². The largest absolute Gasteiger partial charge is 0.466 e. The fraction of sp³-hybridized carbons (Fsp3) is 0.667. The van der Waals surface area contributed by atoms with Crippen LogP contribution in [0.2, 0.25) is 0 Å². The van der Waals surface area contributed by atoms with E-state index in [9.17, 15) is 4.79 Å². The third-order valence-electron chi connectivity index (χ3n) is 3.71. The first-order chi connectivity index (χ1) is 9.19. The van der Waals surface area contributed by atoms with E-state index >= 15 is 0 Å². The van der Waals surface area contributed by atoms with Crippen LogP contribution in [0.1, 0.15) is 42.4 Å². The van der Waals surface area contributed by atoms with E-state index in [1.165, 1.54) is 9.75 Å². The van der Waals surface area contributed by atoms with Crippen LogP contribution in [0, 0.1) is 12.8 Å². The van der Waals surface area contributed by atoms with Gasteiger partial charge in [0.2, 0.25) is 0 Å². The topological polar surface area (TPSA) is 38.3 Å². The Bertz CT molecular complexity index is 408. The molecule has 0 atom stereocenters. The molecule has 19 heavy (non-hydrogen) atoms. The highest BCUT2D eigenvalue weighted by molar-refractivity contribution is 7.11. The number of carbonyl (C=O) groups excluding carboxylic acids is 1. The maximum absolute atomic E-state index is 11.6. The Morgan fingerprint density at radius 3 is 2.68 bits per heavy atom. The first-order valence-corrected chi connectivity index (χ1v) is 7.96. The summed E-state index contributed by atoms with van der Waals surface area (Å²) in [6.07, 6.45) is 4.07. The standard InChI is InChI=1S/C15H23NO2S/c1-3-18-15(17)12-5-7-13(8-6-12)16-10-14-9-4-11(2)19-14/h4,9,12-13,16H,3,5-8,10H2,1-2H3. The van der Waals surface area contributed by atoms with Crippen molar-refractivity contribution in [1.82, 2.24) is 5.32 Å². The number of hydrogen-bond acceptors (Lipinski definition) is 4. The number of carbonyl (C=O) groups is 1. The highest BCUT2D eigenvalue weighted by atomic mass is 32.1. The van der Waals surface area contributed by atoms with Crippen LogP contribution in [-0.4, -0.2) is 18.6 Å². The summed E-state index contributed by atoms with van der Waals surface area (Å²) in [6, 6.07) is 4.91. The number of ether oxygens (including phenoxy) is 1. The molecule has 3 nitrogen and oxygen atoms in total. The van der Waals surface area contributed by atoms with Crippen LogP contribution in [0.3, 0.4) is 0 Å². The lowest BCUT2D eigenvalue weighted by molar-refractivity contribution is -0.149. The van der Waals surface area contributed by atoms with Gasteiger partial charge >= 0.3 is 5.97 Å². The van der Waals surface area contributed by atoms with Gasteiger partial charge in [-0.15, -0.1) is 11.3 Å². The van der Waals surface area contributed by atoms with Crippen LogP contribution >= 0.6 is 11.3 Å². The molecule has 106 valence electrons. The minimum Gasteiger partial charge on any atom is -0.466 e. The van der Waals surface area contributed by atoms with Crippen molar-refractivity contribution in [1.29, 1.82) is 0 Å². The summed E-state index contributed by atoms with van der Waals surface area (Å²) in [6.45, 7) is 5.45. The first-order valence-electron chi connectivity index (χ1n) is 7.14. The van der Waals surface area contributed by atoms with E-state index in [4.69, 9.17) is 4.74 Å². The molecule has 1 aliphatic rings. The predicted octanol–water partition coefficient (Wildman–Crippen LogP) is 3.27. The second-order valence-electron chi connectivity index (χ2n) is 5.19. The summed E-state index contributed by atoms with van der Waals surface area (Å²) < 4.78 is 5.09. The SMILES string of the molecule is CCOC(=O)C1CCC(NCc2ccc(C)s2)CC1. The molecule has 0 saturated heterocycles. The van der Waals surface area contributed by atoms with Gasteiger partial charge in [0.15, 0.2) is 0 Å². The summed E-state index contributed by atoms with van der Waals surface area (Å²) in [7, 11) is 0. The van der Waals surface area contributed by atoms with Gasteiger partial charge in [-0.2, -0.15) is 0 Å². The van der Waals surface area contributed by atoms with Gasteiger partial charge in [-0.1, -0.05) is 0 Å². The number of aryl methyl sites for hydroxylation is 1. The molecule has 1 saturated carbocycles. The van der Waals surface area contributed by atoms with E-state index in [2.05, 4.69) is 24.4 Å². The quantitative estimate of drug-likeness (QED) is 0.842. The Hall–Kier alpha value is -0.870. The Kier molecular flexibility index (Phi) is 5.40. The Balaban J connectivity index is 1.70. The minimum atomic E-state index is -0.00479. The number of rotatable bonds is 5. The average molecular weight is 281 g/mol. The van der Waals surface area contributed by atoms with Gasteiger partial charge in [0.05, 0.1) is 12.5 Å². The fourth-order valence-electron chi connectivity index (χ4n) is 2.62. The molecular formula is C15H23NO2S. The molecule has 0 unspecified atom stereocenters. The number of thiophene rings is 1. The van der Waals surface area contributed by atoms with Crippen LogP contribution in [0.4, 0.5) is 0 Å². The molecule has 0 aliphatic heterocycles. The fourth-order valence-corrected chi connectivity index (χ4v) is 3.46. The minimum absolute atomic E-state index is 0.00479. The summed E-state index contributed by atoms with van der Waals surface area (Å²) in [5, 5.41) is 3.60. The lowest BCUT2D eigenvalue weighted by Crippen LogP contribution is -2.34. The summed E-state index contributed by atoms with van der Waals surface area (Å²) in [5.74, 6) is 0.122. The summed E-state index contributed by atoms with van der Waals surface area (Å²) in [5.41, 5.74) is 0. The van der Waals surface area contributed by atoms with Gasteiger partial charge in [0, 0.05) is 22.3 Å². The van der Waals surface area contributed by atoms with Gasteiger partial charge in [-0.3, -0.25) is 4.79 Å². The van der Waals surface area contributed by atoms with Crippen LogP contribution in [0.15, 0.2) is 12.1 Å². The maximum Gasteiger partial charge on any atom is 0.308 e. The number of nitrogens with one attached hydrogen (secondary N) is 1. The van der Waals surface area contributed by atoms with Gasteiger partial charge in [0.25, 0.3) is 0 Å². The van der Waals surface area contributed by atoms with E-state index in [0.717, 1.165) is 32.2 Å². The highest BCUT2D eigenvalue weighted by Gasteiger charge is 2.26. The van der Waals surface area contributed by atoms with Crippen molar-refractivity contribution >= 4 is 17.3 Å². The molecule has 1 aromatic heterocycles. The first kappa shape index (κ1) is 14.5. The van der Waals surface area contributed by atoms with Gasteiger partial charge in [-0.05, 0) is 51.7 Å². The van der Waals surface area contributed by atoms with E-state index in [0.29, 0.717) is 12.6 Å². The van der Waals surface area contributed by atoms with Crippen molar-refractivity contribution in [3.63, 3.8) is 0 Å². The van der Waals surface area contributed by atoms with Crippen molar-refractivity contribution in [2.75, 3.05) is 6.61 Å². The molecule has 0 aromatic carbocycles. The summed E-state index contributed by atoms with van der Waals surface area (Å²) >= 11 is 1.85. The monoisotopic (exact) mass is 281 g/mol. The van der Waals surface area contributed by atoms with Crippen LogP contribution in [0.25, 0.3) is 0 Å². The van der Waals surface area contributed by atoms with E-state index in [-0.39, 0.29) is 11.9 Å². The molecule has 4 heteroatoms. The molecule has 1 aromatic rings. The molecule has 0 radical (unpaired) electrons. The van der Waals surface area contributed by atoms with Crippen molar-refractivity contribution in [3.8, 4) is 0 Å². The van der Waals surface area contributed by atoms with Crippen LogP contribution in [0.5, 0.6) is 0 Å².